The minimum absolute atomic E-state index is 0.0118. The van der Waals surface area contributed by atoms with Crippen molar-refractivity contribution in [3.05, 3.63) is 181 Å². The second-order valence-corrected chi connectivity index (χ2v) is 14.9. The number of ether oxygens (including phenoxy) is 2. The zero-order valence-electron chi connectivity index (χ0n) is 29.5. The lowest BCUT2D eigenvalue weighted by Gasteiger charge is -2.34. The standard InChI is InChI=1S/C49H34BNO2/c1-49(2)38-29-41-46(53-44-24-14-23-43-48(44)50(41)40-26-25-32(27-45(40)52-43)31-15-6-3-7-16-31)28-37(38)47-36-22-13-12-21-35(36)42(30-39(47)49)51(33-17-8-4-9-18-33)34-19-10-5-11-20-34/h3-30H,1-2H3. The molecule has 3 aliphatic rings. The van der Waals surface area contributed by atoms with Gasteiger partial charge in [0, 0.05) is 27.6 Å². The Morgan fingerprint density at radius 3 is 1.75 bits per heavy atom. The highest BCUT2D eigenvalue weighted by Gasteiger charge is 2.44. The van der Waals surface area contributed by atoms with Crippen LogP contribution in [0.3, 0.4) is 0 Å². The highest BCUT2D eigenvalue weighted by atomic mass is 16.5. The normalized spacial score (nSPS) is 13.9. The van der Waals surface area contributed by atoms with Gasteiger partial charge >= 0.3 is 0 Å². The van der Waals surface area contributed by atoms with Crippen LogP contribution in [0.5, 0.6) is 23.0 Å². The van der Waals surface area contributed by atoms with E-state index < -0.39 is 0 Å². The van der Waals surface area contributed by atoms with Gasteiger partial charge in [0.25, 0.3) is 6.71 Å². The second kappa shape index (κ2) is 11.2. The topological polar surface area (TPSA) is 21.7 Å². The van der Waals surface area contributed by atoms with Gasteiger partial charge in [-0.25, -0.2) is 0 Å². The van der Waals surface area contributed by atoms with Crippen LogP contribution in [-0.2, 0) is 5.41 Å². The molecule has 0 N–H and O–H groups in total. The Morgan fingerprint density at radius 2 is 1.08 bits per heavy atom. The summed E-state index contributed by atoms with van der Waals surface area (Å²) in [6.45, 7) is 4.75. The number of hydrogen-bond acceptors (Lipinski definition) is 3. The minimum atomic E-state index is -0.275. The Bertz CT molecular complexity index is 2720. The van der Waals surface area contributed by atoms with Gasteiger partial charge in [-0.3, -0.25) is 0 Å². The molecule has 250 valence electrons. The Balaban J connectivity index is 1.12. The molecule has 8 aromatic rings. The molecule has 0 bridgehead atoms. The molecule has 0 atom stereocenters. The van der Waals surface area contributed by atoms with Crippen molar-refractivity contribution in [1.82, 2.24) is 0 Å². The maximum absolute atomic E-state index is 6.84. The Kier molecular flexibility index (Phi) is 6.39. The fourth-order valence-electron chi connectivity index (χ4n) is 9.06. The molecule has 11 rings (SSSR count). The van der Waals surface area contributed by atoms with Gasteiger partial charge in [-0.05, 0) is 104 Å². The Morgan fingerprint density at radius 1 is 0.472 bits per heavy atom. The van der Waals surface area contributed by atoms with Crippen LogP contribution in [0.15, 0.2) is 170 Å². The summed E-state index contributed by atoms with van der Waals surface area (Å²) < 4.78 is 13.5. The molecule has 2 heterocycles. The number of hydrogen-bond donors (Lipinski definition) is 0. The number of anilines is 3. The molecule has 53 heavy (non-hydrogen) atoms. The van der Waals surface area contributed by atoms with Crippen LogP contribution in [0.25, 0.3) is 33.0 Å². The molecule has 8 aromatic carbocycles. The van der Waals surface area contributed by atoms with Crippen molar-refractivity contribution in [3.8, 4) is 45.3 Å². The summed E-state index contributed by atoms with van der Waals surface area (Å²) in [6.07, 6.45) is 0. The third kappa shape index (κ3) is 4.42. The van der Waals surface area contributed by atoms with E-state index >= 15 is 0 Å². The van der Waals surface area contributed by atoms with Crippen LogP contribution < -0.4 is 30.8 Å². The highest BCUT2D eigenvalue weighted by Crippen LogP contribution is 2.55. The summed E-state index contributed by atoms with van der Waals surface area (Å²) >= 11 is 0. The molecular formula is C49H34BNO2. The number of fused-ring (bicyclic) bond motifs is 9. The molecular weight excluding hydrogens is 645 g/mol. The molecule has 0 spiro atoms. The third-order valence-electron chi connectivity index (χ3n) is 11.6. The lowest BCUT2D eigenvalue weighted by molar-refractivity contribution is 0.464. The maximum atomic E-state index is 6.84. The Labute approximate surface area is 309 Å². The quantitative estimate of drug-likeness (QED) is 0.173. The van der Waals surface area contributed by atoms with Crippen molar-refractivity contribution in [2.24, 2.45) is 0 Å². The first kappa shape index (κ1) is 30.1. The summed E-state index contributed by atoms with van der Waals surface area (Å²) in [4.78, 5) is 2.40. The number of nitrogens with zero attached hydrogens (tertiary/aromatic N) is 1. The molecule has 0 radical (unpaired) electrons. The summed E-state index contributed by atoms with van der Waals surface area (Å²) in [6, 6.07) is 60.9. The molecule has 1 aliphatic carbocycles. The summed E-state index contributed by atoms with van der Waals surface area (Å²) in [5.74, 6) is 3.52. The largest absolute Gasteiger partial charge is 0.458 e. The van der Waals surface area contributed by atoms with Crippen molar-refractivity contribution >= 4 is 50.9 Å². The van der Waals surface area contributed by atoms with E-state index in [2.05, 4.69) is 183 Å². The zero-order chi connectivity index (χ0) is 35.3. The van der Waals surface area contributed by atoms with Crippen LogP contribution in [0.2, 0.25) is 0 Å². The third-order valence-corrected chi connectivity index (χ3v) is 11.6. The predicted octanol–water partition coefficient (Wildman–Crippen LogP) is 11.0. The van der Waals surface area contributed by atoms with E-state index in [1.54, 1.807) is 0 Å². The fraction of sp³-hybridized carbons (Fsp3) is 0.0612. The van der Waals surface area contributed by atoms with Gasteiger partial charge in [0.05, 0.1) is 5.69 Å². The van der Waals surface area contributed by atoms with Crippen molar-refractivity contribution in [1.29, 1.82) is 0 Å². The molecule has 2 aliphatic heterocycles. The van der Waals surface area contributed by atoms with E-state index in [1.807, 2.05) is 6.07 Å². The van der Waals surface area contributed by atoms with Gasteiger partial charge in [-0.2, -0.15) is 0 Å². The lowest BCUT2D eigenvalue weighted by Crippen LogP contribution is -2.57. The van der Waals surface area contributed by atoms with Gasteiger partial charge in [0.1, 0.15) is 23.0 Å². The van der Waals surface area contributed by atoms with Crippen molar-refractivity contribution < 1.29 is 9.47 Å². The van der Waals surface area contributed by atoms with E-state index in [0.717, 1.165) is 50.9 Å². The molecule has 0 fully saturated rings. The van der Waals surface area contributed by atoms with Crippen molar-refractivity contribution in [2.75, 3.05) is 4.90 Å². The zero-order valence-corrected chi connectivity index (χ0v) is 29.5. The molecule has 0 unspecified atom stereocenters. The van der Waals surface area contributed by atoms with Gasteiger partial charge < -0.3 is 14.4 Å². The van der Waals surface area contributed by atoms with Crippen LogP contribution in [0.4, 0.5) is 17.1 Å². The highest BCUT2D eigenvalue weighted by molar-refractivity contribution is 6.98. The SMILES string of the molecule is CC1(C)c2cc3c(cc2-c2c1cc(N(c1ccccc1)c1ccccc1)c1ccccc21)Oc1cccc2c1B3c1ccc(-c3ccccc3)cc1O2. The molecule has 0 aromatic heterocycles. The van der Waals surface area contributed by atoms with Crippen LogP contribution in [0.1, 0.15) is 25.0 Å². The summed E-state index contributed by atoms with van der Waals surface area (Å²) in [7, 11) is 0. The first-order valence-electron chi connectivity index (χ1n) is 18.4. The first-order chi connectivity index (χ1) is 26.0. The predicted molar refractivity (Wildman–Crippen MR) is 219 cm³/mol. The number of para-hydroxylation sites is 2. The number of benzene rings is 8. The molecule has 3 nitrogen and oxygen atoms in total. The summed E-state index contributed by atoms with van der Waals surface area (Å²) in [5, 5.41) is 2.45. The molecule has 0 saturated carbocycles. The molecule has 0 amide bonds. The molecule has 0 saturated heterocycles. The number of rotatable bonds is 4. The average molecular weight is 680 g/mol. The van der Waals surface area contributed by atoms with Crippen LogP contribution >= 0.6 is 0 Å². The minimum Gasteiger partial charge on any atom is -0.458 e. The van der Waals surface area contributed by atoms with Crippen LogP contribution in [-0.4, -0.2) is 6.71 Å². The van der Waals surface area contributed by atoms with Gasteiger partial charge in [-0.1, -0.05) is 129 Å². The van der Waals surface area contributed by atoms with E-state index in [0.29, 0.717) is 0 Å². The smallest absolute Gasteiger partial charge is 0.260 e. The average Bonchev–Trinajstić information content (AvgIpc) is 3.43. The first-order valence-corrected chi connectivity index (χ1v) is 18.4. The van der Waals surface area contributed by atoms with E-state index in [-0.39, 0.29) is 12.1 Å². The summed E-state index contributed by atoms with van der Waals surface area (Å²) in [5.41, 5.74) is 14.1. The second-order valence-electron chi connectivity index (χ2n) is 14.9. The lowest BCUT2D eigenvalue weighted by atomic mass is 9.34. The molecule has 4 heteroatoms. The van der Waals surface area contributed by atoms with Gasteiger partial charge in [-0.15, -0.1) is 0 Å². The van der Waals surface area contributed by atoms with Crippen molar-refractivity contribution in [2.45, 2.75) is 19.3 Å². The Hall–Kier alpha value is -6.52. The maximum Gasteiger partial charge on any atom is 0.260 e. The monoisotopic (exact) mass is 679 g/mol. The van der Waals surface area contributed by atoms with Gasteiger partial charge in [0.15, 0.2) is 0 Å². The van der Waals surface area contributed by atoms with E-state index in [4.69, 9.17) is 9.47 Å². The van der Waals surface area contributed by atoms with Crippen molar-refractivity contribution in [3.63, 3.8) is 0 Å². The van der Waals surface area contributed by atoms with Crippen LogP contribution in [0, 0.1) is 0 Å². The van der Waals surface area contributed by atoms with Gasteiger partial charge in [0.2, 0.25) is 0 Å². The van der Waals surface area contributed by atoms with E-state index in [1.165, 1.54) is 49.7 Å². The fourth-order valence-corrected chi connectivity index (χ4v) is 9.06. The van der Waals surface area contributed by atoms with E-state index in [9.17, 15) is 0 Å².